The smallest absolute Gasteiger partial charge is 0.192 e. The number of fused-ring (bicyclic) bond motifs is 1. The van der Waals surface area contributed by atoms with E-state index in [2.05, 4.69) is 26.9 Å². The lowest BCUT2D eigenvalue weighted by Gasteiger charge is -2.10. The molecule has 5 rings (SSSR count). The van der Waals surface area contributed by atoms with Crippen LogP contribution < -0.4 is 4.74 Å². The number of aromatic nitrogens is 3. The first-order valence-electron chi connectivity index (χ1n) is 9.70. The largest absolute Gasteiger partial charge is 0.493 e. The average molecular weight is 434 g/mol. The van der Waals surface area contributed by atoms with Gasteiger partial charge in [0.25, 0.3) is 0 Å². The minimum absolute atomic E-state index is 0.0848. The summed E-state index contributed by atoms with van der Waals surface area (Å²) in [6.45, 7) is 1.35. The molecule has 5 nitrogen and oxygen atoms in total. The van der Waals surface area contributed by atoms with Crippen LogP contribution >= 0.6 is 23.1 Å². The zero-order valence-electron chi connectivity index (χ0n) is 16.2. The SMILES string of the molecule is O=C(CSc1nnc(-c2cccs2)n1Cc1ccccc1)c1ccc2c(c1)CCO2. The molecule has 4 aromatic rings. The third-order valence-corrected chi connectivity index (χ3v) is 6.82. The second-order valence-electron chi connectivity index (χ2n) is 6.99. The normalized spacial score (nSPS) is 12.5. The lowest BCUT2D eigenvalue weighted by atomic mass is 10.1. The van der Waals surface area contributed by atoms with E-state index in [9.17, 15) is 4.79 Å². The number of carbonyl (C=O) groups excluding carboxylic acids is 1. The van der Waals surface area contributed by atoms with Gasteiger partial charge in [-0.3, -0.25) is 9.36 Å². The molecule has 0 atom stereocenters. The molecule has 7 heteroatoms. The van der Waals surface area contributed by atoms with Gasteiger partial charge < -0.3 is 4.74 Å². The number of rotatable bonds is 7. The number of thioether (sulfide) groups is 1. The lowest BCUT2D eigenvalue weighted by molar-refractivity contribution is 0.102. The Hall–Kier alpha value is -2.90. The predicted octanol–water partition coefficient (Wildman–Crippen LogP) is 4.96. The standard InChI is InChI=1S/C23H19N3O2S2/c27-19(17-8-9-20-18(13-17)10-11-28-20)15-30-23-25-24-22(21-7-4-12-29-21)26(23)14-16-5-2-1-3-6-16/h1-9,12-13H,10-11,14-15H2. The van der Waals surface area contributed by atoms with Crippen molar-refractivity contribution in [1.29, 1.82) is 0 Å². The molecule has 30 heavy (non-hydrogen) atoms. The topological polar surface area (TPSA) is 57.0 Å². The summed E-state index contributed by atoms with van der Waals surface area (Å²) in [5.74, 6) is 2.12. The van der Waals surface area contributed by atoms with Gasteiger partial charge >= 0.3 is 0 Å². The maximum absolute atomic E-state index is 12.8. The molecule has 2 aromatic carbocycles. The minimum Gasteiger partial charge on any atom is -0.493 e. The van der Waals surface area contributed by atoms with Crippen LogP contribution in [-0.2, 0) is 13.0 Å². The Balaban J connectivity index is 1.38. The Morgan fingerprint density at radius 1 is 1.10 bits per heavy atom. The minimum atomic E-state index is 0.0848. The van der Waals surface area contributed by atoms with Gasteiger partial charge in [-0.1, -0.05) is 48.2 Å². The molecule has 0 radical (unpaired) electrons. The number of hydrogen-bond acceptors (Lipinski definition) is 6. The summed E-state index contributed by atoms with van der Waals surface area (Å²) in [4.78, 5) is 13.9. The number of benzene rings is 2. The first kappa shape index (κ1) is 19.1. The molecule has 0 unspecified atom stereocenters. The number of thiophene rings is 1. The van der Waals surface area contributed by atoms with Gasteiger partial charge in [0.1, 0.15) is 5.75 Å². The highest BCUT2D eigenvalue weighted by Crippen LogP contribution is 2.30. The Morgan fingerprint density at radius 3 is 2.83 bits per heavy atom. The van der Waals surface area contributed by atoms with Crippen molar-refractivity contribution in [1.82, 2.24) is 14.8 Å². The molecule has 0 spiro atoms. The van der Waals surface area contributed by atoms with Crippen molar-refractivity contribution >= 4 is 28.9 Å². The Morgan fingerprint density at radius 2 is 2.00 bits per heavy atom. The van der Waals surface area contributed by atoms with Crippen LogP contribution in [0.25, 0.3) is 10.7 Å². The van der Waals surface area contributed by atoms with E-state index in [1.54, 1.807) is 11.3 Å². The van der Waals surface area contributed by atoms with Gasteiger partial charge in [-0.25, -0.2) is 0 Å². The van der Waals surface area contributed by atoms with E-state index in [0.717, 1.165) is 39.2 Å². The quantitative estimate of drug-likeness (QED) is 0.304. The number of carbonyl (C=O) groups is 1. The van der Waals surface area contributed by atoms with Crippen molar-refractivity contribution < 1.29 is 9.53 Å². The maximum Gasteiger partial charge on any atom is 0.192 e. The van der Waals surface area contributed by atoms with Crippen molar-refractivity contribution in [2.24, 2.45) is 0 Å². The summed E-state index contributed by atoms with van der Waals surface area (Å²) in [5, 5.41) is 11.6. The van der Waals surface area contributed by atoms with Gasteiger partial charge in [0.05, 0.1) is 23.8 Å². The summed E-state index contributed by atoms with van der Waals surface area (Å²) in [7, 11) is 0. The van der Waals surface area contributed by atoms with Crippen molar-refractivity contribution in [3.63, 3.8) is 0 Å². The highest BCUT2D eigenvalue weighted by atomic mass is 32.2. The molecule has 0 N–H and O–H groups in total. The molecule has 0 fully saturated rings. The molecule has 150 valence electrons. The van der Waals surface area contributed by atoms with E-state index in [-0.39, 0.29) is 5.78 Å². The van der Waals surface area contributed by atoms with Gasteiger partial charge in [0.2, 0.25) is 0 Å². The van der Waals surface area contributed by atoms with E-state index in [4.69, 9.17) is 4.74 Å². The van der Waals surface area contributed by atoms with Crippen LogP contribution in [0.3, 0.4) is 0 Å². The third kappa shape index (κ3) is 3.91. The highest BCUT2D eigenvalue weighted by molar-refractivity contribution is 7.99. The second kappa shape index (κ2) is 8.45. The second-order valence-corrected chi connectivity index (χ2v) is 8.88. The summed E-state index contributed by atoms with van der Waals surface area (Å²) in [5.41, 5.74) is 3.00. The van der Waals surface area contributed by atoms with E-state index in [1.165, 1.54) is 17.3 Å². The number of hydrogen-bond donors (Lipinski definition) is 0. The number of ether oxygens (including phenoxy) is 1. The summed E-state index contributed by atoms with van der Waals surface area (Å²) in [6, 6.07) is 20.0. The van der Waals surface area contributed by atoms with Gasteiger partial charge in [-0.15, -0.1) is 21.5 Å². The van der Waals surface area contributed by atoms with Gasteiger partial charge in [0.15, 0.2) is 16.8 Å². The van der Waals surface area contributed by atoms with Crippen LogP contribution in [0.1, 0.15) is 21.5 Å². The van der Waals surface area contributed by atoms with E-state index < -0.39 is 0 Å². The lowest BCUT2D eigenvalue weighted by Crippen LogP contribution is -2.07. The summed E-state index contributed by atoms with van der Waals surface area (Å²) in [6.07, 6.45) is 0.860. The molecule has 3 heterocycles. The molecule has 2 aromatic heterocycles. The molecular formula is C23H19N3O2S2. The summed E-state index contributed by atoms with van der Waals surface area (Å²) < 4.78 is 7.63. The Labute approximate surface area is 182 Å². The summed E-state index contributed by atoms with van der Waals surface area (Å²) >= 11 is 3.07. The van der Waals surface area contributed by atoms with Crippen LogP contribution in [0.5, 0.6) is 5.75 Å². The van der Waals surface area contributed by atoms with Crippen LogP contribution in [0, 0.1) is 0 Å². The monoisotopic (exact) mass is 433 g/mol. The molecule has 0 amide bonds. The van der Waals surface area contributed by atoms with Crippen LogP contribution in [-0.4, -0.2) is 32.9 Å². The number of nitrogens with zero attached hydrogens (tertiary/aromatic N) is 3. The molecule has 0 saturated carbocycles. The van der Waals surface area contributed by atoms with E-state index >= 15 is 0 Å². The number of Topliss-reactive ketones (excluding diaryl/α,β-unsaturated/α-hetero) is 1. The van der Waals surface area contributed by atoms with Crippen molar-refractivity contribution in [2.45, 2.75) is 18.1 Å². The highest BCUT2D eigenvalue weighted by Gasteiger charge is 2.19. The average Bonchev–Trinajstić information content (AvgIpc) is 3.53. The maximum atomic E-state index is 12.8. The molecule has 1 aliphatic rings. The van der Waals surface area contributed by atoms with E-state index in [0.29, 0.717) is 18.9 Å². The van der Waals surface area contributed by atoms with Gasteiger partial charge in [-0.2, -0.15) is 0 Å². The zero-order chi connectivity index (χ0) is 20.3. The van der Waals surface area contributed by atoms with Crippen LogP contribution in [0.4, 0.5) is 0 Å². The third-order valence-electron chi connectivity index (χ3n) is 4.99. The van der Waals surface area contributed by atoms with Crippen molar-refractivity contribution in [3.8, 4) is 16.5 Å². The van der Waals surface area contributed by atoms with Gasteiger partial charge in [0, 0.05) is 12.0 Å². The van der Waals surface area contributed by atoms with Crippen LogP contribution in [0.2, 0.25) is 0 Å². The fraction of sp³-hybridized carbons (Fsp3) is 0.174. The molecule has 0 bridgehead atoms. The molecular weight excluding hydrogens is 414 g/mol. The van der Waals surface area contributed by atoms with Crippen molar-refractivity contribution in [2.75, 3.05) is 12.4 Å². The predicted molar refractivity (Wildman–Crippen MR) is 120 cm³/mol. The van der Waals surface area contributed by atoms with Crippen LogP contribution in [0.15, 0.2) is 71.2 Å². The number of ketones is 1. The first-order valence-corrected chi connectivity index (χ1v) is 11.6. The fourth-order valence-corrected chi connectivity index (χ4v) is 5.02. The van der Waals surface area contributed by atoms with Crippen molar-refractivity contribution in [3.05, 3.63) is 82.7 Å². The van der Waals surface area contributed by atoms with Gasteiger partial charge in [-0.05, 0) is 40.8 Å². The Kier molecular flexibility index (Phi) is 5.38. The fourth-order valence-electron chi connectivity index (χ4n) is 3.47. The molecule has 0 aliphatic carbocycles. The zero-order valence-corrected chi connectivity index (χ0v) is 17.8. The molecule has 0 saturated heterocycles. The molecule has 1 aliphatic heterocycles. The van der Waals surface area contributed by atoms with E-state index in [1.807, 2.05) is 53.9 Å². The first-order chi connectivity index (χ1) is 14.8. The Bertz CT molecular complexity index is 1170.